The fourth-order valence-electron chi connectivity index (χ4n) is 1.65. The number of nitrogens with one attached hydrogen (secondary N) is 1. The molecular formula is C12H14FN3O4S. The Balaban J connectivity index is 2.22. The Hall–Kier alpha value is -2.13. The van der Waals surface area contributed by atoms with E-state index in [9.17, 15) is 12.8 Å². The molecule has 0 atom stereocenters. The van der Waals surface area contributed by atoms with Gasteiger partial charge in [0.05, 0.1) is 32.1 Å². The van der Waals surface area contributed by atoms with E-state index in [4.69, 9.17) is 9.84 Å². The number of aliphatic hydroxyl groups excluding tert-OH is 1. The summed E-state index contributed by atoms with van der Waals surface area (Å²) >= 11 is 0. The fraction of sp³-hybridized carbons (Fsp3) is 0.250. The highest BCUT2D eigenvalue weighted by atomic mass is 32.2. The lowest BCUT2D eigenvalue weighted by molar-refractivity contribution is 0.269. The van der Waals surface area contributed by atoms with E-state index >= 15 is 0 Å². The molecule has 0 bridgehead atoms. The van der Waals surface area contributed by atoms with Crippen LogP contribution in [0, 0.1) is 5.82 Å². The van der Waals surface area contributed by atoms with Gasteiger partial charge >= 0.3 is 0 Å². The second-order valence-electron chi connectivity index (χ2n) is 4.12. The second kappa shape index (κ2) is 6.10. The lowest BCUT2D eigenvalue weighted by Gasteiger charge is -2.08. The van der Waals surface area contributed by atoms with Gasteiger partial charge in [0.1, 0.15) is 4.90 Å². The number of nitrogens with zero attached hydrogens (tertiary/aromatic N) is 2. The first-order chi connectivity index (χ1) is 9.96. The van der Waals surface area contributed by atoms with Gasteiger partial charge < -0.3 is 9.84 Å². The molecule has 1 heterocycles. The predicted molar refractivity (Wildman–Crippen MR) is 73.1 cm³/mol. The first-order valence-corrected chi connectivity index (χ1v) is 7.44. The van der Waals surface area contributed by atoms with Crippen LogP contribution in [0.1, 0.15) is 0 Å². The van der Waals surface area contributed by atoms with Crippen LogP contribution in [0.4, 0.5) is 10.1 Å². The van der Waals surface area contributed by atoms with E-state index in [1.54, 1.807) is 0 Å². The molecule has 0 fully saturated rings. The number of aromatic nitrogens is 2. The smallest absolute Gasteiger partial charge is 0.265 e. The molecule has 0 radical (unpaired) electrons. The molecule has 0 spiro atoms. The lowest BCUT2D eigenvalue weighted by atomic mass is 10.3. The van der Waals surface area contributed by atoms with E-state index < -0.39 is 15.8 Å². The van der Waals surface area contributed by atoms with Crippen molar-refractivity contribution in [3.8, 4) is 5.75 Å². The fourth-order valence-corrected chi connectivity index (χ4v) is 2.65. The maximum absolute atomic E-state index is 13.5. The topological polar surface area (TPSA) is 93.5 Å². The monoisotopic (exact) mass is 315 g/mol. The number of rotatable bonds is 6. The van der Waals surface area contributed by atoms with Gasteiger partial charge in [0, 0.05) is 12.3 Å². The van der Waals surface area contributed by atoms with E-state index in [-0.39, 0.29) is 29.5 Å². The van der Waals surface area contributed by atoms with Gasteiger partial charge in [0.2, 0.25) is 0 Å². The number of hydrogen-bond donors (Lipinski definition) is 2. The van der Waals surface area contributed by atoms with Crippen LogP contribution in [0.15, 0.2) is 35.5 Å². The molecule has 2 N–H and O–H groups in total. The highest BCUT2D eigenvalue weighted by Gasteiger charge is 2.17. The molecule has 0 aliphatic rings. The minimum atomic E-state index is -3.87. The molecule has 0 saturated heterocycles. The molecule has 2 aromatic rings. The van der Waals surface area contributed by atoms with Crippen molar-refractivity contribution in [3.05, 3.63) is 36.4 Å². The van der Waals surface area contributed by atoms with Crippen LogP contribution < -0.4 is 9.46 Å². The van der Waals surface area contributed by atoms with Gasteiger partial charge in [-0.3, -0.25) is 9.40 Å². The van der Waals surface area contributed by atoms with Crippen molar-refractivity contribution in [2.45, 2.75) is 11.4 Å². The number of ether oxygens (including phenoxy) is 1. The summed E-state index contributed by atoms with van der Waals surface area (Å²) in [5, 5.41) is 12.6. The molecule has 1 aromatic heterocycles. The Morgan fingerprint density at radius 1 is 1.48 bits per heavy atom. The van der Waals surface area contributed by atoms with Crippen LogP contribution in [-0.4, -0.2) is 37.0 Å². The Kier molecular flexibility index (Phi) is 4.43. The Morgan fingerprint density at radius 2 is 2.24 bits per heavy atom. The molecule has 0 amide bonds. The first-order valence-electron chi connectivity index (χ1n) is 5.96. The van der Waals surface area contributed by atoms with E-state index in [1.807, 2.05) is 0 Å². The molecule has 1 aromatic carbocycles. The summed E-state index contributed by atoms with van der Waals surface area (Å²) in [6, 6.07) is 3.73. The second-order valence-corrected chi connectivity index (χ2v) is 5.80. The van der Waals surface area contributed by atoms with Crippen molar-refractivity contribution < 1.29 is 22.7 Å². The van der Waals surface area contributed by atoms with Crippen molar-refractivity contribution in [1.82, 2.24) is 9.78 Å². The van der Waals surface area contributed by atoms with Crippen LogP contribution >= 0.6 is 0 Å². The number of aliphatic hydroxyl groups is 1. The third-order valence-electron chi connectivity index (χ3n) is 2.65. The number of sulfonamides is 1. The Morgan fingerprint density at radius 3 is 2.86 bits per heavy atom. The summed E-state index contributed by atoms with van der Waals surface area (Å²) in [5.74, 6) is -0.651. The molecule has 114 valence electrons. The predicted octanol–water partition coefficient (Wildman–Crippen LogP) is 0.824. The third-order valence-corrected chi connectivity index (χ3v) is 3.99. The average Bonchev–Trinajstić information content (AvgIpc) is 2.88. The Labute approximate surface area is 121 Å². The summed E-state index contributed by atoms with van der Waals surface area (Å²) in [4.78, 5) is -0.0767. The van der Waals surface area contributed by atoms with Crippen LogP contribution in [0.2, 0.25) is 0 Å². The van der Waals surface area contributed by atoms with Gasteiger partial charge in [0.15, 0.2) is 11.6 Å². The summed E-state index contributed by atoms with van der Waals surface area (Å²) < 4.78 is 46.0. The van der Waals surface area contributed by atoms with Crippen molar-refractivity contribution in [1.29, 1.82) is 0 Å². The minimum absolute atomic E-state index is 0.0220. The van der Waals surface area contributed by atoms with Gasteiger partial charge in [-0.15, -0.1) is 0 Å². The molecule has 2 rings (SSSR count). The van der Waals surface area contributed by atoms with Crippen LogP contribution in [-0.2, 0) is 16.6 Å². The average molecular weight is 315 g/mol. The zero-order valence-corrected chi connectivity index (χ0v) is 12.0. The molecule has 0 saturated carbocycles. The van der Waals surface area contributed by atoms with E-state index in [0.717, 1.165) is 12.3 Å². The minimum Gasteiger partial charge on any atom is -0.494 e. The van der Waals surface area contributed by atoms with Crippen molar-refractivity contribution in [2.24, 2.45) is 0 Å². The summed E-state index contributed by atoms with van der Waals surface area (Å²) in [5.41, 5.74) is 0.0724. The number of anilines is 1. The van der Waals surface area contributed by atoms with E-state index in [1.165, 1.54) is 30.1 Å². The molecule has 7 nitrogen and oxygen atoms in total. The maximum Gasteiger partial charge on any atom is 0.265 e. The van der Waals surface area contributed by atoms with Crippen LogP contribution in [0.25, 0.3) is 0 Å². The quantitative estimate of drug-likeness (QED) is 0.823. The van der Waals surface area contributed by atoms with Gasteiger partial charge in [-0.05, 0) is 12.1 Å². The van der Waals surface area contributed by atoms with Crippen LogP contribution in [0.3, 0.4) is 0 Å². The summed E-state index contributed by atoms with van der Waals surface area (Å²) in [6.07, 6.45) is 2.43. The highest BCUT2D eigenvalue weighted by Crippen LogP contribution is 2.22. The van der Waals surface area contributed by atoms with Crippen molar-refractivity contribution in [2.75, 3.05) is 18.4 Å². The van der Waals surface area contributed by atoms with Crippen molar-refractivity contribution >= 4 is 15.7 Å². The van der Waals surface area contributed by atoms with Gasteiger partial charge in [-0.25, -0.2) is 12.8 Å². The zero-order valence-electron chi connectivity index (χ0n) is 11.2. The molecular weight excluding hydrogens is 301 g/mol. The normalized spacial score (nSPS) is 11.4. The van der Waals surface area contributed by atoms with Gasteiger partial charge in [-0.2, -0.15) is 5.10 Å². The van der Waals surface area contributed by atoms with Crippen LogP contribution in [0.5, 0.6) is 5.75 Å². The number of hydrogen-bond acceptors (Lipinski definition) is 5. The maximum atomic E-state index is 13.5. The highest BCUT2D eigenvalue weighted by molar-refractivity contribution is 7.92. The number of benzene rings is 1. The largest absolute Gasteiger partial charge is 0.494 e. The Bertz CT molecular complexity index is 730. The van der Waals surface area contributed by atoms with E-state index in [2.05, 4.69) is 9.82 Å². The number of halogens is 1. The molecule has 0 aliphatic heterocycles. The number of methoxy groups -OCH3 is 1. The molecule has 21 heavy (non-hydrogen) atoms. The van der Waals surface area contributed by atoms with E-state index in [0.29, 0.717) is 0 Å². The molecule has 0 aliphatic carbocycles. The lowest BCUT2D eigenvalue weighted by Crippen LogP contribution is -2.12. The molecule has 0 unspecified atom stereocenters. The third kappa shape index (κ3) is 3.50. The van der Waals surface area contributed by atoms with Gasteiger partial charge in [-0.1, -0.05) is 0 Å². The molecule has 9 heteroatoms. The first kappa shape index (κ1) is 15.3. The van der Waals surface area contributed by atoms with Crippen molar-refractivity contribution in [3.63, 3.8) is 0 Å². The standard InChI is InChI=1S/C12H14FN3O4S/c1-20-12-3-2-9(6-11(12)13)15-21(18,19)10-7-14-16(8-10)4-5-17/h2-3,6-8,15,17H,4-5H2,1H3. The summed E-state index contributed by atoms with van der Waals surface area (Å²) in [6.45, 7) is 0.0327. The zero-order chi connectivity index (χ0) is 15.5. The SMILES string of the molecule is COc1ccc(NS(=O)(=O)c2cnn(CCO)c2)cc1F. The summed E-state index contributed by atoms with van der Waals surface area (Å²) in [7, 11) is -2.55. The van der Waals surface area contributed by atoms with Gasteiger partial charge in [0.25, 0.3) is 10.0 Å².